The van der Waals surface area contributed by atoms with Crippen molar-refractivity contribution in [3.05, 3.63) is 32.8 Å². The second kappa shape index (κ2) is 4.80. The smallest absolute Gasteiger partial charge is 0.339 e. The van der Waals surface area contributed by atoms with Crippen molar-refractivity contribution in [3.63, 3.8) is 0 Å². The molecule has 0 saturated heterocycles. The Labute approximate surface area is 96.3 Å². The SMILES string of the molecule is CCOC(=O)c1c(C)ccc(Br)c1Cl. The predicted octanol–water partition coefficient (Wildman–Crippen LogP) is 3.59. The van der Waals surface area contributed by atoms with Gasteiger partial charge in [-0.3, -0.25) is 0 Å². The molecule has 0 atom stereocenters. The third kappa shape index (κ3) is 2.28. The number of hydrogen-bond donors (Lipinski definition) is 0. The van der Waals surface area contributed by atoms with Gasteiger partial charge in [-0.05, 0) is 41.4 Å². The minimum atomic E-state index is -0.378. The van der Waals surface area contributed by atoms with E-state index in [-0.39, 0.29) is 5.97 Å². The molecule has 0 N–H and O–H groups in total. The number of halogens is 2. The average molecular weight is 278 g/mol. The van der Waals surface area contributed by atoms with E-state index in [1.807, 2.05) is 13.0 Å². The summed E-state index contributed by atoms with van der Waals surface area (Å²) in [6.45, 7) is 3.94. The maximum Gasteiger partial charge on any atom is 0.339 e. The highest BCUT2D eigenvalue weighted by Gasteiger charge is 2.16. The third-order valence-electron chi connectivity index (χ3n) is 1.78. The van der Waals surface area contributed by atoms with E-state index in [0.29, 0.717) is 21.7 Å². The summed E-state index contributed by atoms with van der Waals surface area (Å²) in [5.41, 5.74) is 1.25. The van der Waals surface area contributed by atoms with Crippen LogP contribution in [0, 0.1) is 6.92 Å². The molecule has 14 heavy (non-hydrogen) atoms. The fraction of sp³-hybridized carbons (Fsp3) is 0.300. The Hall–Kier alpha value is -0.540. The molecule has 0 radical (unpaired) electrons. The predicted molar refractivity (Wildman–Crippen MR) is 59.8 cm³/mol. The van der Waals surface area contributed by atoms with E-state index < -0.39 is 0 Å². The van der Waals surface area contributed by atoms with Gasteiger partial charge in [0.1, 0.15) is 0 Å². The second-order valence-electron chi connectivity index (χ2n) is 2.77. The van der Waals surface area contributed by atoms with Crippen LogP contribution < -0.4 is 0 Å². The number of hydrogen-bond acceptors (Lipinski definition) is 2. The molecule has 0 amide bonds. The Balaban J connectivity index is 3.18. The lowest BCUT2D eigenvalue weighted by Gasteiger charge is -2.08. The molecule has 1 rings (SSSR count). The van der Waals surface area contributed by atoms with Gasteiger partial charge in [-0.2, -0.15) is 0 Å². The number of esters is 1. The van der Waals surface area contributed by atoms with Crippen LogP contribution >= 0.6 is 27.5 Å². The summed E-state index contributed by atoms with van der Waals surface area (Å²) >= 11 is 9.24. The average Bonchev–Trinajstić information content (AvgIpc) is 2.13. The number of carbonyl (C=O) groups excluding carboxylic acids is 1. The fourth-order valence-electron chi connectivity index (χ4n) is 1.10. The van der Waals surface area contributed by atoms with Crippen LogP contribution in [0.15, 0.2) is 16.6 Å². The van der Waals surface area contributed by atoms with E-state index in [9.17, 15) is 4.79 Å². The third-order valence-corrected chi connectivity index (χ3v) is 3.06. The van der Waals surface area contributed by atoms with Gasteiger partial charge in [0, 0.05) is 4.47 Å². The van der Waals surface area contributed by atoms with Gasteiger partial charge in [-0.1, -0.05) is 17.7 Å². The molecule has 1 aromatic carbocycles. The van der Waals surface area contributed by atoms with Gasteiger partial charge in [0.15, 0.2) is 0 Å². The molecule has 0 saturated carbocycles. The summed E-state index contributed by atoms with van der Waals surface area (Å²) in [4.78, 5) is 11.5. The van der Waals surface area contributed by atoms with E-state index in [2.05, 4.69) is 15.9 Å². The molecule has 76 valence electrons. The first-order valence-electron chi connectivity index (χ1n) is 4.19. The van der Waals surface area contributed by atoms with Crippen molar-refractivity contribution in [1.29, 1.82) is 0 Å². The lowest BCUT2D eigenvalue weighted by atomic mass is 10.1. The number of ether oxygens (including phenoxy) is 1. The molecule has 0 unspecified atom stereocenters. The van der Waals surface area contributed by atoms with Crippen LogP contribution in [0.25, 0.3) is 0 Å². The first kappa shape index (κ1) is 11.5. The van der Waals surface area contributed by atoms with E-state index in [4.69, 9.17) is 16.3 Å². The van der Waals surface area contributed by atoms with Gasteiger partial charge in [0.2, 0.25) is 0 Å². The monoisotopic (exact) mass is 276 g/mol. The molecule has 0 aromatic heterocycles. The van der Waals surface area contributed by atoms with Crippen molar-refractivity contribution < 1.29 is 9.53 Å². The van der Waals surface area contributed by atoms with Crippen molar-refractivity contribution in [2.24, 2.45) is 0 Å². The quantitative estimate of drug-likeness (QED) is 0.772. The Bertz CT molecular complexity index is 363. The van der Waals surface area contributed by atoms with Crippen LogP contribution in [0.4, 0.5) is 0 Å². The van der Waals surface area contributed by atoms with Crippen molar-refractivity contribution in [1.82, 2.24) is 0 Å². The number of aryl methyl sites for hydroxylation is 1. The molecule has 0 heterocycles. The van der Waals surface area contributed by atoms with Gasteiger partial charge in [-0.15, -0.1) is 0 Å². The minimum Gasteiger partial charge on any atom is -0.462 e. The second-order valence-corrected chi connectivity index (χ2v) is 4.01. The van der Waals surface area contributed by atoms with Crippen LogP contribution in [0.3, 0.4) is 0 Å². The molecule has 1 aromatic rings. The summed E-state index contributed by atoms with van der Waals surface area (Å²) in [6.07, 6.45) is 0. The molecule has 0 spiro atoms. The molecule has 0 fully saturated rings. The highest BCUT2D eigenvalue weighted by Crippen LogP contribution is 2.29. The lowest BCUT2D eigenvalue weighted by Crippen LogP contribution is -2.07. The zero-order valence-corrected chi connectivity index (χ0v) is 10.3. The Morgan fingerprint density at radius 2 is 2.21 bits per heavy atom. The lowest BCUT2D eigenvalue weighted by molar-refractivity contribution is 0.0525. The topological polar surface area (TPSA) is 26.3 Å². The molecular formula is C10H10BrClO2. The van der Waals surface area contributed by atoms with Crippen LogP contribution in [0.2, 0.25) is 5.02 Å². The van der Waals surface area contributed by atoms with Crippen molar-refractivity contribution >= 4 is 33.5 Å². The van der Waals surface area contributed by atoms with Gasteiger partial charge in [0.25, 0.3) is 0 Å². The maximum absolute atomic E-state index is 11.5. The molecule has 2 nitrogen and oxygen atoms in total. The van der Waals surface area contributed by atoms with Crippen molar-refractivity contribution in [2.75, 3.05) is 6.61 Å². The molecule has 4 heteroatoms. The number of benzene rings is 1. The summed E-state index contributed by atoms with van der Waals surface area (Å²) in [6, 6.07) is 3.63. The van der Waals surface area contributed by atoms with E-state index in [1.165, 1.54) is 0 Å². The highest BCUT2D eigenvalue weighted by atomic mass is 79.9. The van der Waals surface area contributed by atoms with Crippen LogP contribution in [-0.2, 0) is 4.74 Å². The molecule has 0 bridgehead atoms. The maximum atomic E-state index is 11.5. The molecule has 0 aliphatic carbocycles. The zero-order chi connectivity index (χ0) is 10.7. The zero-order valence-electron chi connectivity index (χ0n) is 7.93. The van der Waals surface area contributed by atoms with Crippen LogP contribution in [-0.4, -0.2) is 12.6 Å². The van der Waals surface area contributed by atoms with E-state index in [0.717, 1.165) is 5.56 Å². The highest BCUT2D eigenvalue weighted by molar-refractivity contribution is 9.10. The van der Waals surface area contributed by atoms with Crippen molar-refractivity contribution in [2.45, 2.75) is 13.8 Å². The fourth-order valence-corrected chi connectivity index (χ4v) is 1.72. The Kier molecular flexibility index (Phi) is 3.96. The summed E-state index contributed by atoms with van der Waals surface area (Å²) < 4.78 is 5.60. The van der Waals surface area contributed by atoms with Crippen LogP contribution in [0.5, 0.6) is 0 Å². The van der Waals surface area contributed by atoms with E-state index in [1.54, 1.807) is 13.0 Å². The first-order chi connectivity index (χ1) is 6.57. The molecular weight excluding hydrogens is 267 g/mol. The number of rotatable bonds is 2. The van der Waals surface area contributed by atoms with Crippen molar-refractivity contribution in [3.8, 4) is 0 Å². The summed E-state index contributed by atoms with van der Waals surface area (Å²) in [7, 11) is 0. The van der Waals surface area contributed by atoms with Gasteiger partial charge in [-0.25, -0.2) is 4.79 Å². The Morgan fingerprint density at radius 3 is 2.79 bits per heavy atom. The normalized spacial score (nSPS) is 10.0. The molecule has 0 aliphatic heterocycles. The summed E-state index contributed by atoms with van der Waals surface area (Å²) in [5, 5.41) is 0.406. The van der Waals surface area contributed by atoms with Crippen LogP contribution in [0.1, 0.15) is 22.8 Å². The first-order valence-corrected chi connectivity index (χ1v) is 5.36. The molecule has 0 aliphatic rings. The largest absolute Gasteiger partial charge is 0.462 e. The number of carbonyl (C=O) groups is 1. The van der Waals surface area contributed by atoms with Gasteiger partial charge < -0.3 is 4.74 Å². The Morgan fingerprint density at radius 1 is 1.57 bits per heavy atom. The summed E-state index contributed by atoms with van der Waals surface area (Å²) in [5.74, 6) is -0.378. The van der Waals surface area contributed by atoms with Gasteiger partial charge in [0.05, 0.1) is 17.2 Å². The standard InChI is InChI=1S/C10H10BrClO2/c1-3-14-10(13)8-6(2)4-5-7(11)9(8)12/h4-5H,3H2,1-2H3. The van der Waals surface area contributed by atoms with Gasteiger partial charge >= 0.3 is 5.97 Å². The van der Waals surface area contributed by atoms with E-state index >= 15 is 0 Å². The minimum absolute atomic E-state index is 0.348.